The van der Waals surface area contributed by atoms with E-state index in [1.54, 1.807) is 11.3 Å². The lowest BCUT2D eigenvalue weighted by atomic mass is 10.3. The van der Waals surface area contributed by atoms with Gasteiger partial charge >= 0.3 is 0 Å². The summed E-state index contributed by atoms with van der Waals surface area (Å²) in [6.07, 6.45) is 0. The molecule has 0 aliphatic rings. The number of furan rings is 1. The van der Waals surface area contributed by atoms with Gasteiger partial charge in [0.15, 0.2) is 3.77 Å². The summed E-state index contributed by atoms with van der Waals surface area (Å²) in [5.74, 6) is 0.943. The number of nitrogens with one attached hydrogen (secondary N) is 1. The summed E-state index contributed by atoms with van der Waals surface area (Å²) in [6.45, 7) is 0.702. The summed E-state index contributed by atoms with van der Waals surface area (Å²) >= 11 is 3.82. The molecule has 0 unspecified atom stereocenters. The van der Waals surface area contributed by atoms with Crippen molar-refractivity contribution in [3.05, 3.63) is 45.4 Å². The zero-order valence-corrected chi connectivity index (χ0v) is 11.8. The molecule has 3 nitrogen and oxygen atoms in total. The van der Waals surface area contributed by atoms with E-state index >= 15 is 0 Å². The van der Waals surface area contributed by atoms with Crippen molar-refractivity contribution >= 4 is 49.8 Å². The Balaban J connectivity index is 1.76. The molecule has 0 saturated heterocycles. The molecule has 1 N–H and O–H groups in total. The molecule has 0 spiro atoms. The van der Waals surface area contributed by atoms with Crippen LogP contribution in [0.4, 0.5) is 5.69 Å². The molecule has 3 aromatic rings. The van der Waals surface area contributed by atoms with Gasteiger partial charge in [-0.1, -0.05) is 0 Å². The molecule has 3 rings (SSSR count). The van der Waals surface area contributed by atoms with E-state index in [9.17, 15) is 0 Å². The lowest BCUT2D eigenvalue weighted by Gasteiger charge is -2.03. The predicted octanol–water partition coefficient (Wildman–Crippen LogP) is 4.11. The molecule has 0 radical (unpaired) electrons. The van der Waals surface area contributed by atoms with Gasteiger partial charge in [0.05, 0.1) is 22.3 Å². The Kier molecular flexibility index (Phi) is 3.02. The average Bonchev–Trinajstić information content (AvgIpc) is 2.94. The maximum Gasteiger partial charge on any atom is 0.164 e. The monoisotopic (exact) mass is 356 g/mol. The quantitative estimate of drug-likeness (QED) is 0.718. The van der Waals surface area contributed by atoms with E-state index in [2.05, 4.69) is 39.0 Å². The number of thiazole rings is 1. The fourth-order valence-electron chi connectivity index (χ4n) is 1.60. The molecule has 0 amide bonds. The third kappa shape index (κ3) is 2.44. The number of hydrogen-bond donors (Lipinski definition) is 1. The average molecular weight is 356 g/mol. The van der Waals surface area contributed by atoms with Crippen molar-refractivity contribution in [1.82, 2.24) is 4.98 Å². The van der Waals surface area contributed by atoms with E-state index in [1.807, 2.05) is 29.8 Å². The molecular formula is C12H9IN2OS. The van der Waals surface area contributed by atoms with Crippen molar-refractivity contribution in [3.8, 4) is 0 Å². The topological polar surface area (TPSA) is 38.1 Å². The lowest BCUT2D eigenvalue weighted by molar-refractivity contribution is 0.493. The molecular weight excluding hydrogens is 347 g/mol. The third-order valence-corrected chi connectivity index (χ3v) is 3.80. The molecule has 1 aromatic carbocycles. The predicted molar refractivity (Wildman–Crippen MR) is 78.4 cm³/mol. The third-order valence-electron chi connectivity index (χ3n) is 2.43. The zero-order chi connectivity index (χ0) is 11.7. The van der Waals surface area contributed by atoms with Crippen LogP contribution >= 0.6 is 33.9 Å². The summed E-state index contributed by atoms with van der Waals surface area (Å²) in [5.41, 5.74) is 4.00. The maximum atomic E-state index is 5.49. The lowest BCUT2D eigenvalue weighted by Crippen LogP contribution is -1.97. The second kappa shape index (κ2) is 4.66. The van der Waals surface area contributed by atoms with Crippen LogP contribution in [0, 0.1) is 3.77 Å². The van der Waals surface area contributed by atoms with Crippen LogP contribution in [0.5, 0.6) is 0 Å². The van der Waals surface area contributed by atoms with Gasteiger partial charge in [0.1, 0.15) is 5.76 Å². The molecule has 2 aromatic heterocycles. The fraction of sp³-hybridized carbons (Fsp3) is 0.0833. The van der Waals surface area contributed by atoms with Crippen LogP contribution in [0.15, 0.2) is 40.3 Å². The number of hydrogen-bond acceptors (Lipinski definition) is 4. The Morgan fingerprint density at radius 3 is 3.06 bits per heavy atom. The molecule has 0 saturated carbocycles. The summed E-state index contributed by atoms with van der Waals surface area (Å²) in [6, 6.07) is 10.1. The molecule has 0 aliphatic carbocycles. The minimum Gasteiger partial charge on any atom is -0.454 e. The van der Waals surface area contributed by atoms with Gasteiger partial charge in [0.25, 0.3) is 0 Å². The number of benzene rings is 1. The van der Waals surface area contributed by atoms with Crippen LogP contribution in [0.3, 0.4) is 0 Å². The zero-order valence-electron chi connectivity index (χ0n) is 8.81. The van der Waals surface area contributed by atoms with Crippen LogP contribution in [-0.4, -0.2) is 4.98 Å². The van der Waals surface area contributed by atoms with E-state index in [-0.39, 0.29) is 0 Å². The van der Waals surface area contributed by atoms with Crippen LogP contribution in [0.2, 0.25) is 0 Å². The van der Waals surface area contributed by atoms with Gasteiger partial charge in [-0.05, 0) is 52.9 Å². The standard InChI is InChI=1S/C12H9IN2OS/c13-12-4-2-9(16-12)6-14-8-1-3-10-11(5-8)17-7-15-10/h1-5,7,14H,6H2. The molecule has 17 heavy (non-hydrogen) atoms. The molecule has 0 fully saturated rings. The normalized spacial score (nSPS) is 10.9. The molecule has 0 aliphatic heterocycles. The summed E-state index contributed by atoms with van der Waals surface area (Å²) in [4.78, 5) is 4.25. The van der Waals surface area contributed by atoms with Crippen molar-refractivity contribution in [3.63, 3.8) is 0 Å². The second-order valence-corrected chi connectivity index (χ2v) is 5.54. The van der Waals surface area contributed by atoms with Crippen LogP contribution in [0.1, 0.15) is 5.76 Å². The highest BCUT2D eigenvalue weighted by atomic mass is 127. The van der Waals surface area contributed by atoms with Crippen molar-refractivity contribution < 1.29 is 4.42 Å². The first-order chi connectivity index (χ1) is 8.31. The highest BCUT2D eigenvalue weighted by molar-refractivity contribution is 14.1. The number of halogens is 1. The van der Waals surface area contributed by atoms with Gasteiger partial charge in [0, 0.05) is 5.69 Å². The maximum absolute atomic E-state index is 5.49. The van der Waals surface area contributed by atoms with Crippen molar-refractivity contribution in [1.29, 1.82) is 0 Å². The van der Waals surface area contributed by atoms with E-state index in [0.717, 1.165) is 20.7 Å². The smallest absolute Gasteiger partial charge is 0.164 e. The van der Waals surface area contributed by atoms with Gasteiger partial charge in [-0.3, -0.25) is 0 Å². The number of rotatable bonds is 3. The van der Waals surface area contributed by atoms with Crippen LogP contribution in [0.25, 0.3) is 10.2 Å². The molecule has 86 valence electrons. The second-order valence-electron chi connectivity index (χ2n) is 3.59. The van der Waals surface area contributed by atoms with Crippen molar-refractivity contribution in [2.75, 3.05) is 5.32 Å². The van der Waals surface area contributed by atoms with Crippen LogP contribution < -0.4 is 5.32 Å². The Bertz CT molecular complexity index is 647. The summed E-state index contributed by atoms with van der Waals surface area (Å²) in [7, 11) is 0. The first kappa shape index (κ1) is 11.0. The summed E-state index contributed by atoms with van der Waals surface area (Å²) in [5, 5.41) is 3.34. The molecule has 0 bridgehead atoms. The number of nitrogens with zero attached hydrogens (tertiary/aromatic N) is 1. The van der Waals surface area contributed by atoms with E-state index < -0.39 is 0 Å². The van der Waals surface area contributed by atoms with E-state index in [1.165, 1.54) is 4.70 Å². The first-order valence-corrected chi connectivity index (χ1v) is 7.08. The van der Waals surface area contributed by atoms with E-state index in [4.69, 9.17) is 4.42 Å². The van der Waals surface area contributed by atoms with Gasteiger partial charge in [0.2, 0.25) is 0 Å². The Hall–Kier alpha value is -1.08. The minimum atomic E-state index is 0.702. The minimum absolute atomic E-state index is 0.702. The molecule has 0 atom stereocenters. The van der Waals surface area contributed by atoms with Gasteiger partial charge in [-0.2, -0.15) is 0 Å². The van der Waals surface area contributed by atoms with Crippen LogP contribution in [-0.2, 0) is 6.54 Å². The Morgan fingerprint density at radius 2 is 2.24 bits per heavy atom. The molecule has 5 heteroatoms. The van der Waals surface area contributed by atoms with Gasteiger partial charge in [-0.25, -0.2) is 4.98 Å². The first-order valence-electron chi connectivity index (χ1n) is 5.12. The van der Waals surface area contributed by atoms with Gasteiger partial charge < -0.3 is 9.73 Å². The van der Waals surface area contributed by atoms with Crippen molar-refractivity contribution in [2.24, 2.45) is 0 Å². The fourth-order valence-corrected chi connectivity index (χ4v) is 2.78. The number of anilines is 1. The molecule has 2 heterocycles. The Morgan fingerprint density at radius 1 is 1.29 bits per heavy atom. The number of aromatic nitrogens is 1. The van der Waals surface area contributed by atoms with Crippen molar-refractivity contribution in [2.45, 2.75) is 6.54 Å². The number of fused-ring (bicyclic) bond motifs is 1. The summed E-state index contributed by atoms with van der Waals surface area (Å²) < 4.78 is 7.60. The van der Waals surface area contributed by atoms with E-state index in [0.29, 0.717) is 6.54 Å². The van der Waals surface area contributed by atoms with Gasteiger partial charge in [-0.15, -0.1) is 11.3 Å². The SMILES string of the molecule is Ic1ccc(CNc2ccc3ncsc3c2)o1. The largest absolute Gasteiger partial charge is 0.454 e. The Labute approximate surface area is 116 Å². The highest BCUT2D eigenvalue weighted by Gasteiger charge is 2.01. The highest BCUT2D eigenvalue weighted by Crippen LogP contribution is 2.22.